The van der Waals surface area contributed by atoms with Crippen molar-refractivity contribution in [2.45, 2.75) is 78.1 Å². The molecule has 0 bridgehead atoms. The van der Waals surface area contributed by atoms with Crippen LogP contribution >= 0.6 is 11.3 Å². The van der Waals surface area contributed by atoms with Crippen molar-refractivity contribution in [1.82, 2.24) is 10.2 Å². The SMILES string of the molecule is CCCN1c2cc(NS(=O)(=O)CC(F)(F)F)c(N=Nc3nnc(C(=O)OC(C)(C)C)s3)cc2CCC1CC. The lowest BCUT2D eigenvalue weighted by molar-refractivity contribution is -0.106. The molecule has 10 nitrogen and oxygen atoms in total. The molecule has 0 saturated heterocycles. The zero-order chi connectivity index (χ0) is 28.3. The number of azo groups is 1. The molecule has 0 saturated carbocycles. The number of nitrogens with zero attached hydrogens (tertiary/aromatic N) is 5. The molecule has 0 radical (unpaired) electrons. The highest BCUT2D eigenvalue weighted by Gasteiger charge is 2.36. The number of halogens is 3. The Morgan fingerprint density at radius 2 is 1.92 bits per heavy atom. The Hall–Kier alpha value is -2.81. The average Bonchev–Trinajstić information content (AvgIpc) is 3.24. The summed E-state index contributed by atoms with van der Waals surface area (Å²) in [5.74, 6) is -2.73. The van der Waals surface area contributed by atoms with Gasteiger partial charge in [0, 0.05) is 18.3 Å². The fourth-order valence-corrected chi connectivity index (χ4v) is 5.62. The molecular formula is C23H31F3N6O4S2. The molecule has 1 aliphatic heterocycles. The number of rotatable bonds is 9. The summed E-state index contributed by atoms with van der Waals surface area (Å²) in [6.07, 6.45) is -1.66. The van der Waals surface area contributed by atoms with Crippen molar-refractivity contribution in [2.24, 2.45) is 10.2 Å². The third-order valence-electron chi connectivity index (χ3n) is 5.48. The van der Waals surface area contributed by atoms with Gasteiger partial charge in [0.15, 0.2) is 5.75 Å². The second-order valence-corrected chi connectivity index (χ2v) is 12.5. The minimum absolute atomic E-state index is 0.00802. The third-order valence-corrected chi connectivity index (χ3v) is 7.51. The quantitative estimate of drug-likeness (QED) is 0.280. The van der Waals surface area contributed by atoms with Gasteiger partial charge in [0.05, 0.1) is 5.69 Å². The van der Waals surface area contributed by atoms with E-state index >= 15 is 0 Å². The van der Waals surface area contributed by atoms with Crippen molar-refractivity contribution in [3.8, 4) is 0 Å². The molecule has 1 N–H and O–H groups in total. The van der Waals surface area contributed by atoms with Crippen molar-refractivity contribution in [1.29, 1.82) is 0 Å². The molecule has 0 spiro atoms. The predicted molar refractivity (Wildman–Crippen MR) is 139 cm³/mol. The number of anilines is 2. The van der Waals surface area contributed by atoms with E-state index in [1.165, 1.54) is 6.07 Å². The van der Waals surface area contributed by atoms with Gasteiger partial charge in [-0.3, -0.25) is 4.72 Å². The fourth-order valence-electron chi connectivity index (χ4n) is 4.07. The van der Waals surface area contributed by atoms with E-state index in [4.69, 9.17) is 4.74 Å². The van der Waals surface area contributed by atoms with Crippen LogP contribution in [0.1, 0.15) is 69.2 Å². The first-order chi connectivity index (χ1) is 17.6. The normalized spacial score (nSPS) is 16.5. The van der Waals surface area contributed by atoms with Gasteiger partial charge < -0.3 is 9.64 Å². The molecule has 0 aliphatic carbocycles. The van der Waals surface area contributed by atoms with Crippen molar-refractivity contribution < 1.29 is 31.1 Å². The van der Waals surface area contributed by atoms with Crippen LogP contribution in [0.5, 0.6) is 0 Å². The summed E-state index contributed by atoms with van der Waals surface area (Å²) in [5.41, 5.74) is 0.777. The third kappa shape index (κ3) is 8.09. The molecule has 1 aromatic carbocycles. The smallest absolute Gasteiger partial charge is 0.404 e. The van der Waals surface area contributed by atoms with Gasteiger partial charge >= 0.3 is 12.1 Å². The van der Waals surface area contributed by atoms with Gasteiger partial charge in [-0.25, -0.2) is 13.2 Å². The second-order valence-electron chi connectivity index (χ2n) is 9.86. The minimum atomic E-state index is -4.92. The lowest BCUT2D eigenvalue weighted by atomic mass is 9.93. The maximum absolute atomic E-state index is 12.9. The lowest BCUT2D eigenvalue weighted by Gasteiger charge is -2.39. The fraction of sp³-hybridized carbons (Fsp3) is 0.609. The molecule has 15 heteroatoms. The highest BCUT2D eigenvalue weighted by molar-refractivity contribution is 7.92. The Balaban J connectivity index is 2.00. The van der Waals surface area contributed by atoms with E-state index in [1.54, 1.807) is 26.8 Å². The average molecular weight is 577 g/mol. The second kappa shape index (κ2) is 11.5. The van der Waals surface area contributed by atoms with E-state index in [-0.39, 0.29) is 27.6 Å². The minimum Gasteiger partial charge on any atom is -0.455 e. The molecule has 2 heterocycles. The summed E-state index contributed by atoms with van der Waals surface area (Å²) in [7, 11) is -4.78. The molecule has 1 aromatic heterocycles. The summed E-state index contributed by atoms with van der Waals surface area (Å²) in [4.78, 5) is 14.4. The first kappa shape index (κ1) is 29.7. The molecule has 0 fully saturated rings. The van der Waals surface area contributed by atoms with Crippen molar-refractivity contribution in [3.63, 3.8) is 0 Å². The Morgan fingerprint density at radius 3 is 2.53 bits per heavy atom. The van der Waals surface area contributed by atoms with E-state index in [0.717, 1.165) is 41.9 Å². The number of carbonyl (C=O) groups is 1. The Morgan fingerprint density at radius 1 is 1.21 bits per heavy atom. The summed E-state index contributed by atoms with van der Waals surface area (Å²) < 4.78 is 70.7. The Bertz CT molecular complexity index is 1290. The van der Waals surface area contributed by atoms with Gasteiger partial charge in [-0.1, -0.05) is 25.2 Å². The number of esters is 1. The Labute approximate surface area is 223 Å². The van der Waals surface area contributed by atoms with Crippen molar-refractivity contribution in [2.75, 3.05) is 21.9 Å². The summed E-state index contributed by atoms with van der Waals surface area (Å²) >= 11 is 0.814. The molecule has 3 rings (SSSR count). The van der Waals surface area contributed by atoms with Crippen LogP contribution in [0, 0.1) is 0 Å². The first-order valence-corrected chi connectivity index (χ1v) is 14.6. The van der Waals surface area contributed by atoms with Crippen LogP contribution < -0.4 is 9.62 Å². The largest absolute Gasteiger partial charge is 0.455 e. The number of hydrogen-bond acceptors (Lipinski definition) is 10. The van der Waals surface area contributed by atoms with Crippen LogP contribution in [-0.2, 0) is 21.2 Å². The lowest BCUT2D eigenvalue weighted by Crippen LogP contribution is -2.39. The summed E-state index contributed by atoms with van der Waals surface area (Å²) in [5, 5.41) is 15.5. The molecule has 2 aromatic rings. The highest BCUT2D eigenvalue weighted by atomic mass is 32.2. The maximum atomic E-state index is 12.9. The van der Waals surface area contributed by atoms with E-state index in [0.29, 0.717) is 13.0 Å². The number of aryl methyl sites for hydroxylation is 1. The van der Waals surface area contributed by atoms with Gasteiger partial charge in [-0.15, -0.1) is 20.4 Å². The van der Waals surface area contributed by atoms with Crippen LogP contribution in [0.15, 0.2) is 22.4 Å². The topological polar surface area (TPSA) is 126 Å². The van der Waals surface area contributed by atoms with Crippen molar-refractivity contribution >= 4 is 49.5 Å². The number of carbonyl (C=O) groups excluding carboxylic acids is 1. The van der Waals surface area contributed by atoms with E-state index in [2.05, 4.69) is 32.2 Å². The number of nitrogens with one attached hydrogen (secondary N) is 1. The number of benzene rings is 1. The van der Waals surface area contributed by atoms with Gasteiger partial charge in [-0.2, -0.15) is 13.2 Å². The zero-order valence-corrected chi connectivity index (χ0v) is 23.4. The molecule has 210 valence electrons. The number of fused-ring (bicyclic) bond motifs is 1. The van der Waals surface area contributed by atoms with Crippen molar-refractivity contribution in [3.05, 3.63) is 22.7 Å². The van der Waals surface area contributed by atoms with Crippen LogP contribution in [0.4, 0.5) is 35.4 Å². The standard InChI is InChI=1S/C23H31F3N6O4S2/c1-6-10-32-15(7-2)9-8-14-11-16(17(12-18(14)32)31-38(34,35)13-23(24,25)26)27-29-21-30-28-19(37-21)20(33)36-22(3,4)5/h11-12,15,31H,6-10,13H2,1-5H3. The number of ether oxygens (including phenoxy) is 1. The van der Waals surface area contributed by atoms with Gasteiger partial charge in [0.25, 0.3) is 5.13 Å². The molecule has 1 atom stereocenters. The predicted octanol–water partition coefficient (Wildman–Crippen LogP) is 6.15. The van der Waals surface area contributed by atoms with Gasteiger partial charge in [-0.05, 0) is 64.2 Å². The number of hydrogen-bond donors (Lipinski definition) is 1. The number of sulfonamides is 1. The van der Waals surface area contributed by atoms with E-state index in [9.17, 15) is 26.4 Å². The Kier molecular flexibility index (Phi) is 9.01. The van der Waals surface area contributed by atoms with Crippen LogP contribution in [0.25, 0.3) is 0 Å². The van der Waals surface area contributed by atoms with Gasteiger partial charge in [0.1, 0.15) is 11.3 Å². The van der Waals surface area contributed by atoms with Crippen LogP contribution in [-0.4, -0.2) is 54.7 Å². The zero-order valence-electron chi connectivity index (χ0n) is 21.8. The molecule has 1 unspecified atom stereocenters. The van der Waals surface area contributed by atoms with Gasteiger partial charge in [0.2, 0.25) is 15.0 Å². The summed E-state index contributed by atoms with van der Waals surface area (Å²) in [6.45, 7) is 9.89. The van der Waals surface area contributed by atoms with Crippen LogP contribution in [0.2, 0.25) is 0 Å². The highest BCUT2D eigenvalue weighted by Crippen LogP contribution is 2.40. The monoisotopic (exact) mass is 576 g/mol. The maximum Gasteiger partial charge on any atom is 0.404 e. The molecule has 1 aliphatic rings. The van der Waals surface area contributed by atoms with E-state index in [1.807, 2.05) is 11.6 Å². The van der Waals surface area contributed by atoms with Crippen LogP contribution in [0.3, 0.4) is 0 Å². The molecule has 0 amide bonds. The molecule has 38 heavy (non-hydrogen) atoms. The number of alkyl halides is 3. The number of aromatic nitrogens is 2. The van der Waals surface area contributed by atoms with E-state index < -0.39 is 33.5 Å². The first-order valence-electron chi connectivity index (χ1n) is 12.1. The summed E-state index contributed by atoms with van der Waals surface area (Å²) in [6, 6.07) is 3.36. The molecular weight excluding hydrogens is 545 g/mol.